The van der Waals surface area contributed by atoms with Crippen LogP contribution in [0.3, 0.4) is 0 Å². The lowest BCUT2D eigenvalue weighted by atomic mass is 10.0. The smallest absolute Gasteiger partial charge is 0.258 e. The number of aromatic nitrogens is 3. The van der Waals surface area contributed by atoms with Crippen molar-refractivity contribution in [1.29, 1.82) is 0 Å². The lowest BCUT2D eigenvalue weighted by molar-refractivity contribution is 0.547. The highest BCUT2D eigenvalue weighted by molar-refractivity contribution is 5.40. The van der Waals surface area contributed by atoms with Gasteiger partial charge in [-0.15, -0.1) is 0 Å². The Labute approximate surface area is 130 Å². The van der Waals surface area contributed by atoms with Crippen molar-refractivity contribution in [3.8, 4) is 5.69 Å². The summed E-state index contributed by atoms with van der Waals surface area (Å²) in [5.74, 6) is 0. The van der Waals surface area contributed by atoms with Gasteiger partial charge in [0.2, 0.25) is 6.08 Å². The second-order valence-electron chi connectivity index (χ2n) is 5.00. The number of aromatic amines is 2. The van der Waals surface area contributed by atoms with Gasteiger partial charge >= 0.3 is 17.1 Å². The fourth-order valence-electron chi connectivity index (χ4n) is 2.30. The molecule has 2 aromatic rings. The topological polar surface area (TPSA) is 117 Å². The first kappa shape index (κ1) is 16.4. The summed E-state index contributed by atoms with van der Waals surface area (Å²) < 4.78 is 0.812. The van der Waals surface area contributed by atoms with Crippen molar-refractivity contribution >= 4 is 6.08 Å². The lowest BCUT2D eigenvalue weighted by Crippen LogP contribution is -2.42. The summed E-state index contributed by atoms with van der Waals surface area (Å²) in [7, 11) is 0. The fourth-order valence-corrected chi connectivity index (χ4v) is 2.30. The predicted molar refractivity (Wildman–Crippen MR) is 83.7 cm³/mol. The molecular formula is C15H16N4O4. The maximum atomic E-state index is 11.8. The van der Waals surface area contributed by atoms with Gasteiger partial charge in [-0.05, 0) is 24.1 Å². The van der Waals surface area contributed by atoms with E-state index >= 15 is 0 Å². The molecule has 0 aliphatic heterocycles. The molecule has 1 aromatic heterocycles. The molecule has 120 valence electrons. The van der Waals surface area contributed by atoms with Crippen molar-refractivity contribution in [2.45, 2.75) is 32.2 Å². The van der Waals surface area contributed by atoms with Crippen LogP contribution in [0, 0.1) is 0 Å². The number of benzene rings is 1. The summed E-state index contributed by atoms with van der Waals surface area (Å²) in [6.45, 7) is 2.03. The van der Waals surface area contributed by atoms with E-state index in [1.165, 1.54) is 0 Å². The van der Waals surface area contributed by atoms with Gasteiger partial charge in [0.25, 0.3) is 0 Å². The average molecular weight is 316 g/mol. The maximum Gasteiger partial charge on any atom is 0.338 e. The lowest BCUT2D eigenvalue weighted by Gasteiger charge is -2.12. The van der Waals surface area contributed by atoms with E-state index in [1.807, 2.05) is 16.9 Å². The first-order valence-electron chi connectivity index (χ1n) is 7.19. The third-order valence-corrected chi connectivity index (χ3v) is 3.40. The van der Waals surface area contributed by atoms with Gasteiger partial charge in [0.05, 0.1) is 11.7 Å². The Morgan fingerprint density at radius 2 is 1.91 bits per heavy atom. The van der Waals surface area contributed by atoms with Crippen molar-refractivity contribution in [3.05, 3.63) is 61.3 Å². The molecule has 2 N–H and O–H groups in total. The summed E-state index contributed by atoms with van der Waals surface area (Å²) in [5, 5.41) is 0. The zero-order valence-corrected chi connectivity index (χ0v) is 12.5. The molecule has 0 radical (unpaired) electrons. The van der Waals surface area contributed by atoms with E-state index in [0.717, 1.165) is 17.4 Å². The molecule has 23 heavy (non-hydrogen) atoms. The summed E-state index contributed by atoms with van der Waals surface area (Å²) in [4.78, 5) is 53.2. The molecule has 8 heteroatoms. The van der Waals surface area contributed by atoms with Crippen LogP contribution >= 0.6 is 0 Å². The van der Waals surface area contributed by atoms with Crippen LogP contribution in [0.4, 0.5) is 0 Å². The van der Waals surface area contributed by atoms with Crippen LogP contribution in [0.5, 0.6) is 0 Å². The molecule has 0 aliphatic rings. The van der Waals surface area contributed by atoms with Crippen LogP contribution in [0.25, 0.3) is 5.69 Å². The second kappa shape index (κ2) is 7.33. The zero-order chi connectivity index (χ0) is 16.8. The number of H-pyrrole nitrogens is 2. The van der Waals surface area contributed by atoms with Gasteiger partial charge in [-0.25, -0.2) is 23.7 Å². The molecular weight excluding hydrogens is 300 g/mol. The van der Waals surface area contributed by atoms with Crippen molar-refractivity contribution in [2.24, 2.45) is 4.99 Å². The minimum atomic E-state index is -0.862. The molecule has 0 amide bonds. The highest BCUT2D eigenvalue weighted by Gasteiger charge is 2.12. The summed E-state index contributed by atoms with van der Waals surface area (Å²) in [5.41, 5.74) is -1.55. The van der Waals surface area contributed by atoms with Crippen molar-refractivity contribution in [1.82, 2.24) is 14.5 Å². The van der Waals surface area contributed by atoms with Crippen LogP contribution in [-0.2, 0) is 4.79 Å². The van der Waals surface area contributed by atoms with Crippen molar-refractivity contribution in [3.63, 3.8) is 0 Å². The molecule has 0 saturated heterocycles. The molecule has 1 heterocycles. The van der Waals surface area contributed by atoms with E-state index in [-0.39, 0.29) is 11.7 Å². The number of carbonyl (C=O) groups excluding carboxylic acids is 1. The SMILES string of the molecule is CCCCC(N=C=O)c1cccc(-n2c(=O)[nH]c(=O)[nH]c2=O)c1. The van der Waals surface area contributed by atoms with E-state index < -0.39 is 17.1 Å². The van der Waals surface area contributed by atoms with E-state index in [2.05, 4.69) is 4.99 Å². The predicted octanol–water partition coefficient (Wildman–Crippen LogP) is 0.781. The van der Waals surface area contributed by atoms with Gasteiger partial charge in [-0.1, -0.05) is 31.9 Å². The Hall–Kier alpha value is -2.99. The molecule has 1 aromatic carbocycles. The van der Waals surface area contributed by atoms with Gasteiger partial charge in [-0.3, -0.25) is 9.97 Å². The Bertz CT molecular complexity index is 868. The first-order valence-corrected chi connectivity index (χ1v) is 7.19. The largest absolute Gasteiger partial charge is 0.338 e. The molecule has 0 aliphatic carbocycles. The number of aliphatic imine (C=N–C) groups is 1. The number of nitrogens with one attached hydrogen (secondary N) is 2. The van der Waals surface area contributed by atoms with Crippen LogP contribution in [0.15, 0.2) is 43.6 Å². The first-order chi connectivity index (χ1) is 11.1. The molecule has 1 atom stereocenters. The normalized spacial score (nSPS) is 11.7. The molecule has 1 unspecified atom stereocenters. The quantitative estimate of drug-likeness (QED) is 0.605. The molecule has 0 saturated carbocycles. The Morgan fingerprint density at radius 3 is 2.52 bits per heavy atom. The highest BCUT2D eigenvalue weighted by atomic mass is 16.2. The van der Waals surface area contributed by atoms with Gasteiger partial charge in [0.1, 0.15) is 0 Å². The van der Waals surface area contributed by atoms with E-state index in [0.29, 0.717) is 12.0 Å². The van der Waals surface area contributed by atoms with Crippen LogP contribution < -0.4 is 17.1 Å². The van der Waals surface area contributed by atoms with Gasteiger partial charge in [0, 0.05) is 0 Å². The number of isocyanates is 1. The number of unbranched alkanes of at least 4 members (excludes halogenated alkanes) is 1. The number of hydrogen-bond acceptors (Lipinski definition) is 5. The van der Waals surface area contributed by atoms with Gasteiger partial charge < -0.3 is 0 Å². The van der Waals surface area contributed by atoms with Crippen LogP contribution in [0.2, 0.25) is 0 Å². The van der Waals surface area contributed by atoms with Crippen LogP contribution in [0.1, 0.15) is 37.8 Å². The average Bonchev–Trinajstić information content (AvgIpc) is 2.51. The Balaban J connectivity index is 2.52. The second-order valence-corrected chi connectivity index (χ2v) is 5.00. The number of rotatable bonds is 6. The summed E-state index contributed by atoms with van der Waals surface area (Å²) in [6, 6.07) is 6.18. The molecule has 2 rings (SSSR count). The third-order valence-electron chi connectivity index (χ3n) is 3.40. The van der Waals surface area contributed by atoms with E-state index in [1.54, 1.807) is 30.3 Å². The molecule has 8 nitrogen and oxygen atoms in total. The molecule has 0 bridgehead atoms. The number of hydrogen-bond donors (Lipinski definition) is 2. The van der Waals surface area contributed by atoms with E-state index in [9.17, 15) is 19.2 Å². The number of nitrogens with zero attached hydrogens (tertiary/aromatic N) is 2. The van der Waals surface area contributed by atoms with E-state index in [4.69, 9.17) is 0 Å². The van der Waals surface area contributed by atoms with Crippen molar-refractivity contribution < 1.29 is 4.79 Å². The Kier molecular flexibility index (Phi) is 5.22. The summed E-state index contributed by atoms with van der Waals surface area (Å²) in [6.07, 6.45) is 4.04. The monoisotopic (exact) mass is 316 g/mol. The zero-order valence-electron chi connectivity index (χ0n) is 12.5. The Morgan fingerprint density at radius 1 is 1.22 bits per heavy atom. The van der Waals surface area contributed by atoms with Crippen LogP contribution in [-0.4, -0.2) is 20.6 Å². The fraction of sp³-hybridized carbons (Fsp3) is 0.333. The highest BCUT2D eigenvalue weighted by Crippen LogP contribution is 2.24. The minimum absolute atomic E-state index is 0.285. The standard InChI is InChI=1S/C15H16N4O4/c1-2-3-7-12(16-9-20)10-5-4-6-11(8-10)19-14(22)17-13(21)18-15(19)23/h4-6,8,12H,2-3,7H2,1H3,(H2,17,18,21,22,23). The third kappa shape index (κ3) is 3.81. The molecule has 0 fully saturated rings. The summed E-state index contributed by atoms with van der Waals surface area (Å²) >= 11 is 0. The minimum Gasteiger partial charge on any atom is -0.258 e. The van der Waals surface area contributed by atoms with Crippen molar-refractivity contribution in [2.75, 3.05) is 0 Å². The van der Waals surface area contributed by atoms with Gasteiger partial charge in [-0.2, -0.15) is 4.99 Å². The molecule has 0 spiro atoms. The van der Waals surface area contributed by atoms with Gasteiger partial charge in [0.15, 0.2) is 0 Å². The maximum absolute atomic E-state index is 11.8.